The van der Waals surface area contributed by atoms with Gasteiger partial charge in [-0.15, -0.1) is 0 Å². The van der Waals surface area contributed by atoms with Gasteiger partial charge in [0.1, 0.15) is 12.2 Å². The summed E-state index contributed by atoms with van der Waals surface area (Å²) >= 11 is 0. The van der Waals surface area contributed by atoms with Gasteiger partial charge in [0.05, 0.1) is 6.10 Å². The Kier molecular flexibility index (Phi) is 16.7. The molecular formula is C28H45Na3O12S3. The van der Waals surface area contributed by atoms with Crippen molar-refractivity contribution in [3.05, 3.63) is 11.6 Å². The van der Waals surface area contributed by atoms with Crippen LogP contribution in [0.4, 0.5) is 0 Å². The number of rotatable bonds is 11. The van der Waals surface area contributed by atoms with Gasteiger partial charge < -0.3 is 13.7 Å². The number of hydrogen-bond donors (Lipinski definition) is 0. The van der Waals surface area contributed by atoms with Gasteiger partial charge in [-0.25, -0.2) is 25.3 Å². The second-order valence-electron chi connectivity index (χ2n) is 14.5. The Balaban J connectivity index is 0.00000353. The molecule has 0 amide bonds. The molecule has 10 atom stereocenters. The largest absolute Gasteiger partial charge is 1.00 e. The first-order chi connectivity index (χ1) is 19.5. The van der Waals surface area contributed by atoms with Crippen LogP contribution in [0.5, 0.6) is 0 Å². The van der Waals surface area contributed by atoms with Crippen molar-refractivity contribution < 1.29 is 140 Å². The Bertz CT molecular complexity index is 1420. The molecule has 0 radical (unpaired) electrons. The zero-order valence-corrected chi connectivity index (χ0v) is 37.1. The summed E-state index contributed by atoms with van der Waals surface area (Å²) < 4.78 is 120. The second kappa shape index (κ2) is 16.6. The summed E-state index contributed by atoms with van der Waals surface area (Å²) in [6, 6.07) is 0. The van der Waals surface area contributed by atoms with Crippen molar-refractivity contribution >= 4 is 31.2 Å². The van der Waals surface area contributed by atoms with Gasteiger partial charge in [0.15, 0.2) is 0 Å². The van der Waals surface area contributed by atoms with E-state index < -0.39 is 60.8 Å². The van der Waals surface area contributed by atoms with Crippen LogP contribution in [0, 0.1) is 45.8 Å². The third-order valence-corrected chi connectivity index (χ3v) is 13.2. The molecule has 3 saturated carbocycles. The SMILES string of the molecule is CC(C)CCCC(C)C1CCC2(C)C3CC(OS(=O)(=O)[O-])C4CC(OS(=O)(=O)[O-])C(OS(=O)(=O)[O-])C[C@]4(C)C3=CC[C@]12C.[Na+].[Na+].[Na+]. The standard InChI is InChI=1S/C28H48O12S3.3Na/c1-17(2)8-7-9-18(3)19-10-12-28(6)21-14-23(38-41(29,30)31)22-15-24(39-42(32,33)34)25(40-43(35,36)37)16-26(22,4)20(21)11-13-27(19,28)5;;;/h11,17-19,21-25H,7-10,12-16H2,1-6H3,(H,29,30,31)(H,32,33,34)(H,35,36,37);;;/q;3*+1/p-3/t18?,19?,21?,22?,23?,24?,25?,26-,27-,28?;;;/m1.../s1. The van der Waals surface area contributed by atoms with Gasteiger partial charge in [0, 0.05) is 0 Å². The molecule has 0 aliphatic heterocycles. The van der Waals surface area contributed by atoms with Gasteiger partial charge in [0.2, 0.25) is 31.2 Å². The Morgan fingerprint density at radius 3 is 1.83 bits per heavy atom. The molecule has 0 aromatic heterocycles. The summed E-state index contributed by atoms with van der Waals surface area (Å²) in [7, 11) is -15.9. The third kappa shape index (κ3) is 10.1. The normalized spacial score (nSPS) is 38.2. The van der Waals surface area contributed by atoms with Crippen molar-refractivity contribution in [3.8, 4) is 0 Å². The van der Waals surface area contributed by atoms with E-state index in [2.05, 4.69) is 44.9 Å². The molecule has 0 N–H and O–H groups in total. The van der Waals surface area contributed by atoms with Gasteiger partial charge in [-0.1, -0.05) is 72.5 Å². The summed E-state index contributed by atoms with van der Waals surface area (Å²) in [6.07, 6.45) is 3.08. The number of hydrogen-bond acceptors (Lipinski definition) is 12. The first-order valence-electron chi connectivity index (χ1n) is 15.1. The molecule has 250 valence electrons. The molecule has 3 fully saturated rings. The molecule has 18 heteroatoms. The molecule has 4 aliphatic rings. The van der Waals surface area contributed by atoms with Gasteiger partial charge in [-0.2, -0.15) is 0 Å². The van der Waals surface area contributed by atoms with E-state index in [1.54, 1.807) is 6.92 Å². The van der Waals surface area contributed by atoms with E-state index in [4.69, 9.17) is 8.37 Å². The average Bonchev–Trinajstić information content (AvgIpc) is 3.08. The summed E-state index contributed by atoms with van der Waals surface area (Å²) in [6.45, 7) is 13.0. The maximum atomic E-state index is 11.9. The first-order valence-corrected chi connectivity index (χ1v) is 19.1. The Labute approximate surface area is 342 Å². The summed E-state index contributed by atoms with van der Waals surface area (Å²) in [5.41, 5.74) is -0.587. The van der Waals surface area contributed by atoms with Crippen LogP contribution in [-0.2, 0) is 43.7 Å². The van der Waals surface area contributed by atoms with Crippen LogP contribution < -0.4 is 88.7 Å². The minimum absolute atomic E-state index is 0. The predicted molar refractivity (Wildman–Crippen MR) is 152 cm³/mol. The average molecular weight is 739 g/mol. The molecule has 0 saturated heterocycles. The fourth-order valence-corrected chi connectivity index (χ4v) is 11.2. The molecule has 12 nitrogen and oxygen atoms in total. The molecule has 4 aliphatic carbocycles. The second-order valence-corrected chi connectivity index (χ2v) is 17.6. The van der Waals surface area contributed by atoms with Crippen molar-refractivity contribution in [2.24, 2.45) is 45.8 Å². The zero-order valence-electron chi connectivity index (χ0n) is 28.7. The van der Waals surface area contributed by atoms with Crippen LogP contribution in [0.15, 0.2) is 11.6 Å². The quantitative estimate of drug-likeness (QED) is 0.0850. The topological polar surface area (TPSA) is 199 Å². The van der Waals surface area contributed by atoms with E-state index in [-0.39, 0.29) is 125 Å². The fraction of sp³-hybridized carbons (Fsp3) is 0.929. The minimum atomic E-state index is -5.36. The van der Waals surface area contributed by atoms with E-state index in [9.17, 15) is 38.9 Å². The molecule has 0 heterocycles. The third-order valence-electron chi connectivity index (χ3n) is 11.8. The van der Waals surface area contributed by atoms with Gasteiger partial charge >= 0.3 is 88.7 Å². The van der Waals surface area contributed by atoms with Crippen molar-refractivity contribution in [1.29, 1.82) is 0 Å². The molecule has 0 spiro atoms. The predicted octanol–water partition coefficient (Wildman–Crippen LogP) is -4.81. The van der Waals surface area contributed by atoms with Crippen molar-refractivity contribution in [3.63, 3.8) is 0 Å². The Hall–Kier alpha value is 2.35. The van der Waals surface area contributed by atoms with Gasteiger partial charge in [0.25, 0.3) is 0 Å². The van der Waals surface area contributed by atoms with Crippen LogP contribution in [0.2, 0.25) is 0 Å². The van der Waals surface area contributed by atoms with Crippen LogP contribution in [0.1, 0.15) is 99.3 Å². The molecule has 0 aromatic rings. The number of fused-ring (bicyclic) bond motifs is 5. The van der Waals surface area contributed by atoms with Crippen molar-refractivity contribution in [1.82, 2.24) is 0 Å². The van der Waals surface area contributed by atoms with Crippen LogP contribution in [-0.4, -0.2) is 57.2 Å². The molecule has 0 aromatic carbocycles. The first kappa shape index (κ1) is 46.4. The maximum Gasteiger partial charge on any atom is 1.00 e. The van der Waals surface area contributed by atoms with E-state index in [1.165, 1.54) is 0 Å². The fourth-order valence-electron chi connectivity index (χ4n) is 9.64. The van der Waals surface area contributed by atoms with E-state index in [1.807, 2.05) is 0 Å². The van der Waals surface area contributed by atoms with Crippen LogP contribution in [0.25, 0.3) is 0 Å². The summed E-state index contributed by atoms with van der Waals surface area (Å²) in [5, 5.41) is 0. The monoisotopic (exact) mass is 738 g/mol. The Morgan fingerprint density at radius 2 is 1.30 bits per heavy atom. The molecule has 8 unspecified atom stereocenters. The smallest absolute Gasteiger partial charge is 0.726 e. The summed E-state index contributed by atoms with van der Waals surface area (Å²) in [4.78, 5) is 0. The van der Waals surface area contributed by atoms with E-state index in [0.717, 1.165) is 44.1 Å². The zero-order chi connectivity index (χ0) is 32.4. The Morgan fingerprint density at radius 1 is 0.783 bits per heavy atom. The van der Waals surface area contributed by atoms with Crippen LogP contribution in [0.3, 0.4) is 0 Å². The molecule has 0 bridgehead atoms. The molecule has 46 heavy (non-hydrogen) atoms. The molecule has 4 rings (SSSR count). The van der Waals surface area contributed by atoms with Crippen LogP contribution >= 0.6 is 0 Å². The van der Waals surface area contributed by atoms with Crippen molar-refractivity contribution in [2.45, 2.75) is 118 Å². The summed E-state index contributed by atoms with van der Waals surface area (Å²) in [5.74, 6) is 0.407. The number of allylic oxidation sites excluding steroid dienone is 2. The van der Waals surface area contributed by atoms with Crippen molar-refractivity contribution in [2.75, 3.05) is 0 Å². The van der Waals surface area contributed by atoms with E-state index >= 15 is 0 Å². The van der Waals surface area contributed by atoms with Gasteiger partial charge in [-0.05, 0) is 84.4 Å². The van der Waals surface area contributed by atoms with E-state index in [0.29, 0.717) is 17.8 Å². The maximum absolute atomic E-state index is 11.9. The minimum Gasteiger partial charge on any atom is -0.726 e. The van der Waals surface area contributed by atoms with Gasteiger partial charge in [-0.3, -0.25) is 12.5 Å². The molecular weight excluding hydrogens is 693 g/mol.